The fourth-order valence-corrected chi connectivity index (χ4v) is 4.18. The molecule has 21 heavy (non-hydrogen) atoms. The lowest BCUT2D eigenvalue weighted by Crippen LogP contribution is -2.32. The van der Waals surface area contributed by atoms with Crippen LogP contribution in [0, 0.1) is 0 Å². The summed E-state index contributed by atoms with van der Waals surface area (Å²) in [5.41, 5.74) is 4.22. The molecule has 0 unspecified atom stereocenters. The SMILES string of the molecule is OC1(Cc2cc(Br)cc3c2OCC3)Cc2ccccc2C1. The second-order valence-electron chi connectivity index (χ2n) is 6.18. The second-order valence-corrected chi connectivity index (χ2v) is 7.09. The van der Waals surface area contributed by atoms with E-state index in [0.717, 1.165) is 41.7 Å². The minimum Gasteiger partial charge on any atom is -0.493 e. The van der Waals surface area contributed by atoms with E-state index in [0.29, 0.717) is 6.42 Å². The van der Waals surface area contributed by atoms with Crippen molar-refractivity contribution in [2.75, 3.05) is 6.61 Å². The fourth-order valence-electron chi connectivity index (χ4n) is 3.63. The maximum absolute atomic E-state index is 11.0. The Bertz CT molecular complexity index is 683. The predicted octanol–water partition coefficient (Wildman–Crippen LogP) is 3.46. The molecule has 4 rings (SSSR count). The molecule has 0 fully saturated rings. The van der Waals surface area contributed by atoms with E-state index < -0.39 is 5.60 Å². The normalized spacial score (nSPS) is 18.2. The van der Waals surface area contributed by atoms with Gasteiger partial charge in [0.1, 0.15) is 5.75 Å². The summed E-state index contributed by atoms with van der Waals surface area (Å²) in [6, 6.07) is 12.5. The van der Waals surface area contributed by atoms with Gasteiger partial charge >= 0.3 is 0 Å². The highest BCUT2D eigenvalue weighted by atomic mass is 79.9. The highest BCUT2D eigenvalue weighted by Crippen LogP contribution is 2.38. The van der Waals surface area contributed by atoms with Gasteiger partial charge in [-0.3, -0.25) is 0 Å². The molecular formula is C18H17BrO2. The quantitative estimate of drug-likeness (QED) is 0.903. The predicted molar refractivity (Wildman–Crippen MR) is 85.8 cm³/mol. The summed E-state index contributed by atoms with van der Waals surface area (Å²) < 4.78 is 6.86. The summed E-state index contributed by atoms with van der Waals surface area (Å²) in [7, 11) is 0. The van der Waals surface area contributed by atoms with Gasteiger partial charge in [0, 0.05) is 30.2 Å². The first kappa shape index (κ1) is 13.4. The van der Waals surface area contributed by atoms with Crippen molar-refractivity contribution in [3.05, 3.63) is 63.1 Å². The van der Waals surface area contributed by atoms with Crippen LogP contribution >= 0.6 is 15.9 Å². The summed E-state index contributed by atoms with van der Waals surface area (Å²) in [5.74, 6) is 0.989. The standard InChI is InChI=1S/C18H17BrO2/c19-16-7-12-5-6-21-17(12)15(8-16)11-18(20)9-13-3-1-2-4-14(13)10-18/h1-4,7-8,20H,5-6,9-11H2. The Morgan fingerprint density at radius 3 is 2.52 bits per heavy atom. The van der Waals surface area contributed by atoms with Crippen LogP contribution in [0.3, 0.4) is 0 Å². The minimum absolute atomic E-state index is 0.642. The Balaban J connectivity index is 1.66. The Labute approximate surface area is 132 Å². The van der Waals surface area contributed by atoms with E-state index in [4.69, 9.17) is 4.74 Å². The van der Waals surface area contributed by atoms with Crippen molar-refractivity contribution < 1.29 is 9.84 Å². The van der Waals surface area contributed by atoms with Crippen LogP contribution in [-0.2, 0) is 25.7 Å². The van der Waals surface area contributed by atoms with Crippen molar-refractivity contribution in [3.8, 4) is 5.75 Å². The van der Waals surface area contributed by atoms with Gasteiger partial charge in [-0.25, -0.2) is 0 Å². The lowest BCUT2D eigenvalue weighted by atomic mass is 9.90. The van der Waals surface area contributed by atoms with Crippen LogP contribution in [0.15, 0.2) is 40.9 Å². The molecule has 2 aliphatic rings. The number of hydrogen-bond donors (Lipinski definition) is 1. The third kappa shape index (κ3) is 2.39. The monoisotopic (exact) mass is 344 g/mol. The topological polar surface area (TPSA) is 29.5 Å². The third-order valence-electron chi connectivity index (χ3n) is 4.50. The van der Waals surface area contributed by atoms with Gasteiger partial charge in [0.15, 0.2) is 0 Å². The van der Waals surface area contributed by atoms with Crippen molar-refractivity contribution in [2.24, 2.45) is 0 Å². The van der Waals surface area contributed by atoms with Crippen molar-refractivity contribution in [1.82, 2.24) is 0 Å². The number of ether oxygens (including phenoxy) is 1. The molecule has 1 aliphatic carbocycles. The molecule has 1 N–H and O–H groups in total. The van der Waals surface area contributed by atoms with Crippen LogP contribution < -0.4 is 4.74 Å². The van der Waals surface area contributed by atoms with Gasteiger partial charge in [-0.2, -0.15) is 0 Å². The van der Waals surface area contributed by atoms with Crippen molar-refractivity contribution >= 4 is 15.9 Å². The number of halogens is 1. The van der Waals surface area contributed by atoms with E-state index in [2.05, 4.69) is 40.2 Å². The van der Waals surface area contributed by atoms with Crippen LogP contribution in [0.2, 0.25) is 0 Å². The van der Waals surface area contributed by atoms with Crippen molar-refractivity contribution in [1.29, 1.82) is 0 Å². The molecule has 108 valence electrons. The first-order valence-corrected chi connectivity index (χ1v) is 8.16. The fraction of sp³-hybridized carbons (Fsp3) is 0.333. The Kier molecular flexibility index (Phi) is 3.09. The van der Waals surface area contributed by atoms with Crippen molar-refractivity contribution in [2.45, 2.75) is 31.3 Å². The van der Waals surface area contributed by atoms with E-state index in [1.54, 1.807) is 0 Å². The van der Waals surface area contributed by atoms with Crippen LogP contribution in [0.4, 0.5) is 0 Å². The summed E-state index contributed by atoms with van der Waals surface area (Å²) in [4.78, 5) is 0. The maximum atomic E-state index is 11.0. The zero-order valence-corrected chi connectivity index (χ0v) is 13.3. The van der Waals surface area contributed by atoms with Gasteiger partial charge in [0.2, 0.25) is 0 Å². The lowest BCUT2D eigenvalue weighted by Gasteiger charge is -2.23. The van der Waals surface area contributed by atoms with Gasteiger partial charge in [-0.1, -0.05) is 40.2 Å². The van der Waals surface area contributed by atoms with E-state index in [1.807, 2.05) is 12.1 Å². The zero-order chi connectivity index (χ0) is 14.4. The van der Waals surface area contributed by atoms with Gasteiger partial charge in [0.05, 0.1) is 12.2 Å². The molecule has 2 nitrogen and oxygen atoms in total. The van der Waals surface area contributed by atoms with Crippen LogP contribution in [0.1, 0.15) is 22.3 Å². The molecule has 1 aliphatic heterocycles. The summed E-state index contributed by atoms with van der Waals surface area (Å²) in [5, 5.41) is 11.0. The molecule has 0 bridgehead atoms. The summed E-state index contributed by atoms with van der Waals surface area (Å²) in [6.45, 7) is 0.747. The van der Waals surface area contributed by atoms with Crippen molar-refractivity contribution in [3.63, 3.8) is 0 Å². The molecule has 3 heteroatoms. The Morgan fingerprint density at radius 1 is 1.10 bits per heavy atom. The molecular weight excluding hydrogens is 328 g/mol. The zero-order valence-electron chi connectivity index (χ0n) is 11.7. The molecule has 0 spiro atoms. The van der Waals surface area contributed by atoms with Gasteiger partial charge in [-0.05, 0) is 34.4 Å². The van der Waals surface area contributed by atoms with E-state index in [-0.39, 0.29) is 0 Å². The molecule has 0 aromatic heterocycles. The number of benzene rings is 2. The third-order valence-corrected chi connectivity index (χ3v) is 4.96. The second kappa shape index (κ2) is 4.85. The lowest BCUT2D eigenvalue weighted by molar-refractivity contribution is 0.0511. The van der Waals surface area contributed by atoms with Gasteiger partial charge < -0.3 is 9.84 Å². The molecule has 1 heterocycles. The number of fused-ring (bicyclic) bond motifs is 2. The molecule has 2 aromatic rings. The first-order chi connectivity index (χ1) is 10.1. The first-order valence-electron chi connectivity index (χ1n) is 7.36. The highest BCUT2D eigenvalue weighted by Gasteiger charge is 2.36. The Morgan fingerprint density at radius 2 is 1.81 bits per heavy atom. The van der Waals surface area contributed by atoms with Crippen LogP contribution in [0.5, 0.6) is 5.75 Å². The van der Waals surface area contributed by atoms with Crippen LogP contribution in [-0.4, -0.2) is 17.3 Å². The van der Waals surface area contributed by atoms with Crippen LogP contribution in [0.25, 0.3) is 0 Å². The maximum Gasteiger partial charge on any atom is 0.125 e. The molecule has 0 radical (unpaired) electrons. The Hall–Kier alpha value is -1.32. The average Bonchev–Trinajstić information content (AvgIpc) is 3.01. The molecule has 0 saturated carbocycles. The van der Waals surface area contributed by atoms with Gasteiger partial charge in [-0.15, -0.1) is 0 Å². The molecule has 0 amide bonds. The van der Waals surface area contributed by atoms with E-state index >= 15 is 0 Å². The summed E-state index contributed by atoms with van der Waals surface area (Å²) >= 11 is 3.57. The van der Waals surface area contributed by atoms with Gasteiger partial charge in [0.25, 0.3) is 0 Å². The minimum atomic E-state index is -0.690. The molecule has 0 atom stereocenters. The largest absolute Gasteiger partial charge is 0.493 e. The smallest absolute Gasteiger partial charge is 0.125 e. The number of aliphatic hydroxyl groups is 1. The number of rotatable bonds is 2. The summed E-state index contributed by atoms with van der Waals surface area (Å²) in [6.07, 6.45) is 3.05. The van der Waals surface area contributed by atoms with E-state index in [1.165, 1.54) is 16.7 Å². The highest BCUT2D eigenvalue weighted by molar-refractivity contribution is 9.10. The molecule has 2 aromatic carbocycles. The average molecular weight is 345 g/mol. The number of hydrogen-bond acceptors (Lipinski definition) is 2. The van der Waals surface area contributed by atoms with E-state index in [9.17, 15) is 5.11 Å². The molecule has 0 saturated heterocycles.